The maximum Gasteiger partial charge on any atom is 0.351 e. The first-order valence-corrected chi connectivity index (χ1v) is 8.63. The van der Waals surface area contributed by atoms with Gasteiger partial charge in [0.2, 0.25) is 6.10 Å². The lowest BCUT2D eigenvalue weighted by atomic mass is 10.2. The summed E-state index contributed by atoms with van der Waals surface area (Å²) in [6.45, 7) is 1.49. The fraction of sp³-hybridized carbons (Fsp3) is 0.300. The molecule has 1 heterocycles. The van der Waals surface area contributed by atoms with Gasteiger partial charge in [-0.2, -0.15) is 0 Å². The van der Waals surface area contributed by atoms with E-state index < -0.39 is 24.1 Å². The van der Waals surface area contributed by atoms with Crippen molar-refractivity contribution >= 4 is 17.6 Å². The molecule has 2 aromatic carbocycles. The van der Waals surface area contributed by atoms with Crippen molar-refractivity contribution in [3.8, 4) is 23.0 Å². The molecule has 0 saturated carbocycles. The molecule has 0 radical (unpaired) electrons. The predicted molar refractivity (Wildman–Crippen MR) is 100 cm³/mol. The number of rotatable bonds is 6. The van der Waals surface area contributed by atoms with Crippen LogP contribution in [0.25, 0.3) is 0 Å². The van der Waals surface area contributed by atoms with Gasteiger partial charge in [-0.25, -0.2) is 4.79 Å². The first-order valence-electron chi connectivity index (χ1n) is 8.63. The molecule has 2 aromatic rings. The maximum atomic E-state index is 12.4. The zero-order valence-corrected chi connectivity index (χ0v) is 15.8. The Kier molecular flexibility index (Phi) is 5.88. The van der Waals surface area contributed by atoms with E-state index in [1.54, 1.807) is 42.5 Å². The third-order valence-electron chi connectivity index (χ3n) is 4.08. The van der Waals surface area contributed by atoms with Gasteiger partial charge in [0.05, 0.1) is 14.2 Å². The third-order valence-corrected chi connectivity index (χ3v) is 4.08. The van der Waals surface area contributed by atoms with E-state index in [-0.39, 0.29) is 6.61 Å². The molecule has 0 aromatic heterocycles. The van der Waals surface area contributed by atoms with Crippen LogP contribution >= 0.6 is 0 Å². The number of amides is 1. The number of carbonyl (C=O) groups excluding carboxylic acids is 2. The number of hydrogen-bond acceptors (Lipinski definition) is 7. The Labute approximate surface area is 162 Å². The molecule has 1 amide bonds. The highest BCUT2D eigenvalue weighted by molar-refractivity contribution is 5.95. The largest absolute Gasteiger partial charge is 0.493 e. The molecule has 0 fully saturated rings. The Bertz CT molecular complexity index is 867. The third kappa shape index (κ3) is 4.28. The second-order valence-corrected chi connectivity index (χ2v) is 6.00. The Hall–Kier alpha value is -3.42. The van der Waals surface area contributed by atoms with Gasteiger partial charge in [0, 0.05) is 11.8 Å². The van der Waals surface area contributed by atoms with Gasteiger partial charge in [-0.1, -0.05) is 12.1 Å². The van der Waals surface area contributed by atoms with Crippen molar-refractivity contribution in [1.82, 2.24) is 0 Å². The van der Waals surface area contributed by atoms with Crippen LogP contribution in [0.3, 0.4) is 0 Å². The molecular weight excluding hydrogens is 366 g/mol. The fourth-order valence-corrected chi connectivity index (χ4v) is 2.60. The number of benzene rings is 2. The minimum Gasteiger partial charge on any atom is -0.493 e. The summed E-state index contributed by atoms with van der Waals surface area (Å²) in [5.41, 5.74) is 0.483. The second-order valence-electron chi connectivity index (χ2n) is 6.00. The smallest absolute Gasteiger partial charge is 0.351 e. The summed E-state index contributed by atoms with van der Waals surface area (Å²) in [5, 5.41) is 2.67. The predicted octanol–water partition coefficient (Wildman–Crippen LogP) is 2.41. The molecule has 1 N–H and O–H groups in total. The molecule has 0 unspecified atom stereocenters. The number of esters is 1. The van der Waals surface area contributed by atoms with Gasteiger partial charge in [-0.3, -0.25) is 4.79 Å². The van der Waals surface area contributed by atoms with E-state index >= 15 is 0 Å². The van der Waals surface area contributed by atoms with E-state index in [0.717, 1.165) is 0 Å². The van der Waals surface area contributed by atoms with Crippen LogP contribution in [0.2, 0.25) is 0 Å². The molecule has 0 saturated heterocycles. The maximum absolute atomic E-state index is 12.4. The molecule has 3 rings (SSSR count). The van der Waals surface area contributed by atoms with E-state index in [1.807, 2.05) is 0 Å². The molecule has 28 heavy (non-hydrogen) atoms. The Morgan fingerprint density at radius 3 is 2.50 bits per heavy atom. The summed E-state index contributed by atoms with van der Waals surface area (Å²) in [5.74, 6) is 0.858. The van der Waals surface area contributed by atoms with Gasteiger partial charge in [-0.05, 0) is 31.2 Å². The minimum absolute atomic E-state index is 0.0138. The number of nitrogens with one attached hydrogen (secondary N) is 1. The lowest BCUT2D eigenvalue weighted by molar-refractivity contribution is -0.162. The van der Waals surface area contributed by atoms with Gasteiger partial charge < -0.3 is 29.0 Å². The van der Waals surface area contributed by atoms with Crippen LogP contribution in [-0.2, 0) is 14.3 Å². The van der Waals surface area contributed by atoms with Gasteiger partial charge in [-0.15, -0.1) is 0 Å². The van der Waals surface area contributed by atoms with Crippen LogP contribution < -0.4 is 24.3 Å². The number of fused-ring (bicyclic) bond motifs is 1. The van der Waals surface area contributed by atoms with E-state index in [1.165, 1.54) is 21.1 Å². The molecular formula is C20H21NO7. The molecule has 8 nitrogen and oxygen atoms in total. The number of hydrogen-bond donors (Lipinski definition) is 1. The molecule has 0 bridgehead atoms. The van der Waals surface area contributed by atoms with Crippen LogP contribution in [-0.4, -0.2) is 44.9 Å². The van der Waals surface area contributed by atoms with Crippen molar-refractivity contribution < 1.29 is 33.3 Å². The molecule has 1 aliphatic rings. The molecule has 148 valence electrons. The summed E-state index contributed by atoms with van der Waals surface area (Å²) in [4.78, 5) is 24.7. The SMILES string of the molecule is COc1ccc(NC(=O)[C@@H](C)OC(=O)[C@H]2COc3ccccc3O2)cc1OC. The highest BCUT2D eigenvalue weighted by Crippen LogP contribution is 2.31. The number of methoxy groups -OCH3 is 2. The monoisotopic (exact) mass is 387 g/mol. The van der Waals surface area contributed by atoms with Gasteiger partial charge in [0.15, 0.2) is 29.1 Å². The van der Waals surface area contributed by atoms with Crippen molar-refractivity contribution in [2.75, 3.05) is 26.1 Å². The Morgan fingerprint density at radius 2 is 1.79 bits per heavy atom. The molecule has 0 aliphatic carbocycles. The summed E-state index contributed by atoms with van der Waals surface area (Å²) in [6.07, 6.45) is -1.97. The van der Waals surface area contributed by atoms with Crippen LogP contribution in [0.15, 0.2) is 42.5 Å². The molecule has 8 heteroatoms. The topological polar surface area (TPSA) is 92.3 Å². The summed E-state index contributed by atoms with van der Waals surface area (Å²) in [6, 6.07) is 12.0. The van der Waals surface area contributed by atoms with Crippen LogP contribution in [0.4, 0.5) is 5.69 Å². The minimum atomic E-state index is -1.03. The fourth-order valence-electron chi connectivity index (χ4n) is 2.60. The summed E-state index contributed by atoms with van der Waals surface area (Å²) < 4.78 is 26.7. The molecule has 0 spiro atoms. The van der Waals surface area contributed by atoms with Gasteiger partial charge >= 0.3 is 5.97 Å². The van der Waals surface area contributed by atoms with Crippen LogP contribution in [0.1, 0.15) is 6.92 Å². The number of para-hydroxylation sites is 2. The number of carbonyl (C=O) groups is 2. The summed E-state index contributed by atoms with van der Waals surface area (Å²) >= 11 is 0. The highest BCUT2D eigenvalue weighted by atomic mass is 16.6. The van der Waals surface area contributed by atoms with Crippen LogP contribution in [0, 0.1) is 0 Å². The zero-order valence-electron chi connectivity index (χ0n) is 15.8. The normalized spacial score (nSPS) is 15.9. The number of ether oxygens (including phenoxy) is 5. The van der Waals surface area contributed by atoms with E-state index in [2.05, 4.69) is 5.32 Å². The van der Waals surface area contributed by atoms with E-state index in [4.69, 9.17) is 23.7 Å². The lowest BCUT2D eigenvalue weighted by Gasteiger charge is -2.25. The Morgan fingerprint density at radius 1 is 1.07 bits per heavy atom. The summed E-state index contributed by atoms with van der Waals surface area (Å²) in [7, 11) is 3.02. The quantitative estimate of drug-likeness (QED) is 0.761. The Balaban J connectivity index is 1.58. The second kappa shape index (κ2) is 8.51. The van der Waals surface area contributed by atoms with Gasteiger partial charge in [0.25, 0.3) is 5.91 Å². The first-order chi connectivity index (χ1) is 13.5. The van der Waals surface area contributed by atoms with Crippen LogP contribution in [0.5, 0.6) is 23.0 Å². The first kappa shape index (κ1) is 19.3. The lowest BCUT2D eigenvalue weighted by Crippen LogP contribution is -2.41. The van der Waals surface area contributed by atoms with E-state index in [0.29, 0.717) is 28.7 Å². The van der Waals surface area contributed by atoms with E-state index in [9.17, 15) is 9.59 Å². The van der Waals surface area contributed by atoms with Crippen molar-refractivity contribution in [3.05, 3.63) is 42.5 Å². The average molecular weight is 387 g/mol. The standard InChI is InChI=1S/C20H21NO7/c1-12(19(22)21-13-8-9-14(24-2)17(10-13)25-3)27-20(23)18-11-26-15-6-4-5-7-16(15)28-18/h4-10,12,18H,11H2,1-3H3,(H,21,22)/t12-,18-/m1/s1. The zero-order chi connectivity index (χ0) is 20.1. The van der Waals surface area contributed by atoms with Crippen molar-refractivity contribution in [2.45, 2.75) is 19.1 Å². The van der Waals surface area contributed by atoms with Crippen molar-refractivity contribution in [1.29, 1.82) is 0 Å². The van der Waals surface area contributed by atoms with Crippen molar-refractivity contribution in [3.63, 3.8) is 0 Å². The van der Waals surface area contributed by atoms with Crippen molar-refractivity contribution in [2.24, 2.45) is 0 Å². The number of anilines is 1. The van der Waals surface area contributed by atoms with Gasteiger partial charge in [0.1, 0.15) is 6.61 Å². The molecule has 2 atom stereocenters. The molecule has 1 aliphatic heterocycles. The highest BCUT2D eigenvalue weighted by Gasteiger charge is 2.31. The average Bonchev–Trinajstić information content (AvgIpc) is 2.73.